The van der Waals surface area contributed by atoms with E-state index in [1.807, 2.05) is 30.3 Å². The Morgan fingerprint density at radius 3 is 2.72 bits per heavy atom. The number of hydrogen-bond donors (Lipinski definition) is 1. The zero-order valence-electron chi connectivity index (χ0n) is 13.6. The summed E-state index contributed by atoms with van der Waals surface area (Å²) in [5.74, 6) is -0.874. The Morgan fingerprint density at radius 2 is 1.92 bits per heavy atom. The average molecular weight is 336 g/mol. The van der Waals surface area contributed by atoms with Gasteiger partial charge in [0.2, 0.25) is 0 Å². The molecule has 1 aliphatic heterocycles. The van der Waals surface area contributed by atoms with Crippen LogP contribution in [-0.2, 0) is 12.8 Å². The first-order chi connectivity index (χ1) is 12.2. The second-order valence-electron chi connectivity index (χ2n) is 6.04. The van der Waals surface area contributed by atoms with Crippen LogP contribution in [0.2, 0.25) is 0 Å². The number of nitrogens with zero attached hydrogens (tertiary/aromatic N) is 3. The van der Waals surface area contributed by atoms with Crippen LogP contribution in [0.3, 0.4) is 0 Å². The van der Waals surface area contributed by atoms with E-state index in [-0.39, 0.29) is 11.5 Å². The number of nitrogens with one attached hydrogen (secondary N) is 1. The molecule has 0 aliphatic carbocycles. The molecule has 0 saturated heterocycles. The molecule has 1 N–H and O–H groups in total. The van der Waals surface area contributed by atoms with E-state index in [0.29, 0.717) is 25.9 Å². The van der Waals surface area contributed by atoms with E-state index in [0.717, 1.165) is 28.7 Å². The molecule has 4 rings (SSSR count). The molecule has 0 bridgehead atoms. The first-order valence-electron chi connectivity index (χ1n) is 8.24. The first kappa shape index (κ1) is 15.5. The third kappa shape index (κ3) is 2.91. The summed E-state index contributed by atoms with van der Waals surface area (Å²) in [5, 5.41) is 7.56. The molecule has 1 aliphatic rings. The van der Waals surface area contributed by atoms with E-state index in [1.165, 1.54) is 12.3 Å². The van der Waals surface area contributed by atoms with Crippen LogP contribution in [0.5, 0.6) is 0 Å². The number of amides is 1. The number of aromatic amines is 1. The highest BCUT2D eigenvalue weighted by atomic mass is 19.1. The first-order valence-corrected chi connectivity index (χ1v) is 8.24. The standard InChI is InChI=1S/C19H17FN4O/c20-16-12-21-9-6-14(16)19(25)24-10-7-15-17(8-11-24)22-23-18(15)13-4-2-1-3-5-13/h1-6,9,12H,7-8,10-11H2,(H,22,23). The average Bonchev–Trinajstić information content (AvgIpc) is 2.94. The maximum Gasteiger partial charge on any atom is 0.256 e. The van der Waals surface area contributed by atoms with Crippen LogP contribution in [-0.4, -0.2) is 39.1 Å². The van der Waals surface area contributed by atoms with Gasteiger partial charge in [0, 0.05) is 42.5 Å². The van der Waals surface area contributed by atoms with E-state index in [2.05, 4.69) is 15.2 Å². The fourth-order valence-electron chi connectivity index (χ4n) is 3.24. The van der Waals surface area contributed by atoms with Crippen LogP contribution in [0.15, 0.2) is 48.8 Å². The molecular weight excluding hydrogens is 319 g/mol. The summed E-state index contributed by atoms with van der Waals surface area (Å²) in [6, 6.07) is 11.4. The predicted octanol–water partition coefficient (Wildman–Crippen LogP) is 2.85. The quantitative estimate of drug-likeness (QED) is 0.783. The van der Waals surface area contributed by atoms with Gasteiger partial charge < -0.3 is 4.90 Å². The highest BCUT2D eigenvalue weighted by molar-refractivity contribution is 5.94. The lowest BCUT2D eigenvalue weighted by Crippen LogP contribution is -2.34. The lowest BCUT2D eigenvalue weighted by Gasteiger charge is -2.20. The second-order valence-corrected chi connectivity index (χ2v) is 6.04. The third-order valence-electron chi connectivity index (χ3n) is 4.55. The molecule has 0 radical (unpaired) electrons. The Balaban J connectivity index is 1.58. The zero-order chi connectivity index (χ0) is 17.2. The summed E-state index contributed by atoms with van der Waals surface area (Å²) in [6.45, 7) is 1.07. The number of benzene rings is 1. The Kier molecular flexibility index (Phi) is 4.01. The molecule has 0 unspecified atom stereocenters. The van der Waals surface area contributed by atoms with Crippen molar-refractivity contribution in [1.29, 1.82) is 0 Å². The maximum absolute atomic E-state index is 13.9. The van der Waals surface area contributed by atoms with Gasteiger partial charge in [0.15, 0.2) is 5.82 Å². The molecule has 0 atom stereocenters. The van der Waals surface area contributed by atoms with E-state index in [1.54, 1.807) is 4.90 Å². The fraction of sp³-hybridized carbons (Fsp3) is 0.211. The van der Waals surface area contributed by atoms with Gasteiger partial charge in [0.05, 0.1) is 17.5 Å². The number of aromatic nitrogens is 3. The van der Waals surface area contributed by atoms with Gasteiger partial charge in [-0.05, 0) is 12.5 Å². The van der Waals surface area contributed by atoms with E-state index in [4.69, 9.17) is 0 Å². The minimum absolute atomic E-state index is 0.0713. The summed E-state index contributed by atoms with van der Waals surface area (Å²) >= 11 is 0. The number of carbonyl (C=O) groups excluding carboxylic acids is 1. The Morgan fingerprint density at radius 1 is 1.12 bits per heavy atom. The van der Waals surface area contributed by atoms with Crippen LogP contribution in [0, 0.1) is 5.82 Å². The number of H-pyrrole nitrogens is 1. The highest BCUT2D eigenvalue weighted by Gasteiger charge is 2.25. The van der Waals surface area contributed by atoms with Crippen molar-refractivity contribution in [2.24, 2.45) is 0 Å². The minimum atomic E-state index is -0.582. The second kappa shape index (κ2) is 6.47. The minimum Gasteiger partial charge on any atom is -0.338 e. The van der Waals surface area contributed by atoms with Gasteiger partial charge in [0.1, 0.15) is 0 Å². The molecule has 2 aromatic heterocycles. The molecule has 6 heteroatoms. The molecule has 0 saturated carbocycles. The van der Waals surface area contributed by atoms with E-state index in [9.17, 15) is 9.18 Å². The summed E-state index contributed by atoms with van der Waals surface area (Å²) in [5.41, 5.74) is 4.24. The van der Waals surface area contributed by atoms with Crippen molar-refractivity contribution in [3.05, 3.63) is 71.4 Å². The maximum atomic E-state index is 13.9. The highest BCUT2D eigenvalue weighted by Crippen LogP contribution is 2.27. The molecule has 5 nitrogen and oxygen atoms in total. The van der Waals surface area contributed by atoms with Gasteiger partial charge in [-0.25, -0.2) is 4.39 Å². The summed E-state index contributed by atoms with van der Waals surface area (Å²) in [6.07, 6.45) is 3.88. The molecule has 1 amide bonds. The van der Waals surface area contributed by atoms with Crippen LogP contribution < -0.4 is 0 Å². The molecule has 0 fully saturated rings. The number of rotatable bonds is 2. The third-order valence-corrected chi connectivity index (χ3v) is 4.55. The smallest absolute Gasteiger partial charge is 0.256 e. The number of fused-ring (bicyclic) bond motifs is 1. The number of hydrogen-bond acceptors (Lipinski definition) is 3. The van der Waals surface area contributed by atoms with Gasteiger partial charge in [-0.15, -0.1) is 0 Å². The van der Waals surface area contributed by atoms with Crippen molar-refractivity contribution in [2.75, 3.05) is 13.1 Å². The lowest BCUT2D eigenvalue weighted by atomic mass is 10.0. The lowest BCUT2D eigenvalue weighted by molar-refractivity contribution is 0.0758. The topological polar surface area (TPSA) is 61.9 Å². The molecule has 3 heterocycles. The largest absolute Gasteiger partial charge is 0.338 e. The Hall–Kier alpha value is -3.02. The monoisotopic (exact) mass is 336 g/mol. The number of carbonyl (C=O) groups is 1. The van der Waals surface area contributed by atoms with Crippen LogP contribution >= 0.6 is 0 Å². The zero-order valence-corrected chi connectivity index (χ0v) is 13.6. The number of halogens is 1. The van der Waals surface area contributed by atoms with Gasteiger partial charge in [-0.1, -0.05) is 30.3 Å². The molecule has 1 aromatic carbocycles. The van der Waals surface area contributed by atoms with Crippen LogP contribution in [0.25, 0.3) is 11.3 Å². The number of pyridine rings is 1. The molecule has 3 aromatic rings. The molecule has 25 heavy (non-hydrogen) atoms. The van der Waals surface area contributed by atoms with Gasteiger partial charge in [-0.3, -0.25) is 14.9 Å². The SMILES string of the molecule is O=C(c1ccncc1F)N1CCc2[nH]nc(-c3ccccc3)c2CC1. The molecule has 0 spiro atoms. The van der Waals surface area contributed by atoms with E-state index < -0.39 is 5.82 Å². The summed E-state index contributed by atoms with van der Waals surface area (Å²) in [4.78, 5) is 18.0. The summed E-state index contributed by atoms with van der Waals surface area (Å²) < 4.78 is 13.9. The Bertz CT molecular complexity index is 907. The Labute approximate surface area is 144 Å². The van der Waals surface area contributed by atoms with Gasteiger partial charge in [-0.2, -0.15) is 5.10 Å². The van der Waals surface area contributed by atoms with Gasteiger partial charge in [0.25, 0.3) is 5.91 Å². The normalized spacial score (nSPS) is 14.0. The van der Waals surface area contributed by atoms with Crippen molar-refractivity contribution < 1.29 is 9.18 Å². The molecule has 126 valence electrons. The van der Waals surface area contributed by atoms with Crippen LogP contribution in [0.1, 0.15) is 21.6 Å². The van der Waals surface area contributed by atoms with Crippen molar-refractivity contribution >= 4 is 5.91 Å². The van der Waals surface area contributed by atoms with Crippen molar-refractivity contribution in [3.8, 4) is 11.3 Å². The summed E-state index contributed by atoms with van der Waals surface area (Å²) in [7, 11) is 0. The van der Waals surface area contributed by atoms with Crippen molar-refractivity contribution in [2.45, 2.75) is 12.8 Å². The van der Waals surface area contributed by atoms with Crippen molar-refractivity contribution in [1.82, 2.24) is 20.1 Å². The molecular formula is C19H17FN4O. The van der Waals surface area contributed by atoms with Gasteiger partial charge >= 0.3 is 0 Å². The van der Waals surface area contributed by atoms with Crippen LogP contribution in [0.4, 0.5) is 4.39 Å². The fourth-order valence-corrected chi connectivity index (χ4v) is 3.24. The predicted molar refractivity (Wildman–Crippen MR) is 91.5 cm³/mol. The van der Waals surface area contributed by atoms with E-state index >= 15 is 0 Å². The van der Waals surface area contributed by atoms with Crippen molar-refractivity contribution in [3.63, 3.8) is 0 Å².